The number of benzene rings is 1. The predicted octanol–water partition coefficient (Wildman–Crippen LogP) is 3.56. The van der Waals surface area contributed by atoms with Crippen molar-refractivity contribution in [3.05, 3.63) is 29.8 Å². The fourth-order valence-electron chi connectivity index (χ4n) is 1.98. The van der Waals surface area contributed by atoms with Crippen molar-refractivity contribution in [2.24, 2.45) is 0 Å². The number of carboxylic acid groups (broad SMARTS) is 1. The van der Waals surface area contributed by atoms with Crippen LogP contribution in [0.4, 0.5) is 0 Å². The minimum atomic E-state index is -0.727. The molecule has 2 N–H and O–H groups in total. The lowest BCUT2D eigenvalue weighted by Crippen LogP contribution is -2.24. The van der Waals surface area contributed by atoms with Gasteiger partial charge in [0.25, 0.3) is 5.91 Å². The third-order valence-corrected chi connectivity index (χ3v) is 3.95. The lowest BCUT2D eigenvalue weighted by molar-refractivity contribution is -0.137. The van der Waals surface area contributed by atoms with E-state index < -0.39 is 5.97 Å². The van der Waals surface area contributed by atoms with Crippen LogP contribution in [0.5, 0.6) is 0 Å². The first-order valence-electron chi connectivity index (χ1n) is 7.27. The highest BCUT2D eigenvalue weighted by Gasteiger charge is 2.04. The van der Waals surface area contributed by atoms with Crippen molar-refractivity contribution >= 4 is 23.6 Å². The number of carboxylic acids is 1. The molecule has 0 heterocycles. The first kappa shape index (κ1) is 17.6. The Morgan fingerprint density at radius 3 is 2.29 bits per heavy atom. The minimum Gasteiger partial charge on any atom is -0.481 e. The molecule has 0 saturated carbocycles. The van der Waals surface area contributed by atoms with E-state index in [2.05, 4.69) is 5.32 Å². The number of nitrogens with one attached hydrogen (secondary N) is 1. The molecule has 0 saturated heterocycles. The first-order chi connectivity index (χ1) is 10.1. The van der Waals surface area contributed by atoms with Crippen LogP contribution in [0, 0.1) is 0 Å². The van der Waals surface area contributed by atoms with Gasteiger partial charge in [-0.2, -0.15) is 0 Å². The second-order valence-electron chi connectivity index (χ2n) is 4.90. The molecular weight excluding hydrogens is 286 g/mol. The highest BCUT2D eigenvalue weighted by molar-refractivity contribution is 7.98. The smallest absolute Gasteiger partial charge is 0.303 e. The van der Waals surface area contributed by atoms with E-state index in [-0.39, 0.29) is 12.3 Å². The summed E-state index contributed by atoms with van der Waals surface area (Å²) in [7, 11) is 0. The molecule has 0 atom stereocenters. The van der Waals surface area contributed by atoms with Gasteiger partial charge in [-0.3, -0.25) is 9.59 Å². The molecule has 5 heteroatoms. The Morgan fingerprint density at radius 1 is 1.05 bits per heavy atom. The van der Waals surface area contributed by atoms with E-state index in [4.69, 9.17) is 5.11 Å². The van der Waals surface area contributed by atoms with Gasteiger partial charge in [-0.25, -0.2) is 0 Å². The maximum Gasteiger partial charge on any atom is 0.303 e. The predicted molar refractivity (Wildman–Crippen MR) is 85.9 cm³/mol. The lowest BCUT2D eigenvalue weighted by atomic mass is 10.1. The summed E-state index contributed by atoms with van der Waals surface area (Å²) in [5.74, 6) is -0.761. The summed E-state index contributed by atoms with van der Waals surface area (Å²) in [6.45, 7) is 0.669. The van der Waals surface area contributed by atoms with Crippen LogP contribution in [0.25, 0.3) is 0 Å². The molecule has 0 fully saturated rings. The molecule has 0 spiro atoms. The second kappa shape index (κ2) is 10.3. The van der Waals surface area contributed by atoms with Crippen molar-refractivity contribution in [3.8, 4) is 0 Å². The Labute approximate surface area is 130 Å². The lowest BCUT2D eigenvalue weighted by Gasteiger charge is -2.06. The highest BCUT2D eigenvalue weighted by atomic mass is 32.2. The summed E-state index contributed by atoms with van der Waals surface area (Å²) < 4.78 is 0. The topological polar surface area (TPSA) is 66.4 Å². The number of carbonyl (C=O) groups is 2. The molecule has 0 unspecified atom stereocenters. The largest absolute Gasteiger partial charge is 0.481 e. The van der Waals surface area contributed by atoms with Crippen LogP contribution < -0.4 is 5.32 Å². The van der Waals surface area contributed by atoms with E-state index in [0.717, 1.165) is 37.0 Å². The molecule has 0 bridgehead atoms. The molecule has 0 aliphatic heterocycles. The van der Waals surface area contributed by atoms with E-state index in [1.807, 2.05) is 30.5 Å². The van der Waals surface area contributed by atoms with Crippen molar-refractivity contribution < 1.29 is 14.7 Å². The fraction of sp³-hybridized carbons (Fsp3) is 0.500. The number of aliphatic carboxylic acids is 1. The average molecular weight is 309 g/mol. The van der Waals surface area contributed by atoms with Crippen molar-refractivity contribution in [1.82, 2.24) is 5.32 Å². The SMILES string of the molecule is CSc1ccc(C(=O)NCCCCCCCC(=O)O)cc1. The van der Waals surface area contributed by atoms with Crippen LogP contribution in [0.1, 0.15) is 48.9 Å². The van der Waals surface area contributed by atoms with Crippen LogP contribution in [0.3, 0.4) is 0 Å². The summed E-state index contributed by atoms with van der Waals surface area (Å²) in [4.78, 5) is 23.4. The quantitative estimate of drug-likeness (QED) is 0.512. The first-order valence-corrected chi connectivity index (χ1v) is 8.50. The van der Waals surface area contributed by atoms with Crippen molar-refractivity contribution in [2.75, 3.05) is 12.8 Å². The fourth-order valence-corrected chi connectivity index (χ4v) is 2.39. The number of hydrogen-bond donors (Lipinski definition) is 2. The third kappa shape index (κ3) is 7.75. The van der Waals surface area contributed by atoms with E-state index in [9.17, 15) is 9.59 Å². The number of thioether (sulfide) groups is 1. The molecule has 1 aromatic carbocycles. The van der Waals surface area contributed by atoms with Crippen molar-refractivity contribution in [2.45, 2.75) is 43.4 Å². The van der Waals surface area contributed by atoms with E-state index in [1.54, 1.807) is 11.8 Å². The van der Waals surface area contributed by atoms with Crippen LogP contribution in [0.15, 0.2) is 29.2 Å². The Bertz CT molecular complexity index is 445. The van der Waals surface area contributed by atoms with Gasteiger partial charge in [0, 0.05) is 23.4 Å². The number of unbranched alkanes of at least 4 members (excludes halogenated alkanes) is 4. The van der Waals surface area contributed by atoms with Gasteiger partial charge in [-0.05, 0) is 43.4 Å². The Hall–Kier alpha value is -1.49. The highest BCUT2D eigenvalue weighted by Crippen LogP contribution is 2.14. The molecule has 0 aliphatic rings. The van der Waals surface area contributed by atoms with Gasteiger partial charge in [0.1, 0.15) is 0 Å². The van der Waals surface area contributed by atoms with Crippen molar-refractivity contribution in [1.29, 1.82) is 0 Å². The maximum absolute atomic E-state index is 11.9. The summed E-state index contributed by atoms with van der Waals surface area (Å²) in [6, 6.07) is 7.57. The number of amides is 1. The Kier molecular flexibility index (Phi) is 8.59. The normalized spacial score (nSPS) is 10.3. The Balaban J connectivity index is 2.09. The molecule has 21 heavy (non-hydrogen) atoms. The van der Waals surface area contributed by atoms with Gasteiger partial charge in [-0.15, -0.1) is 11.8 Å². The third-order valence-electron chi connectivity index (χ3n) is 3.21. The molecule has 0 aromatic heterocycles. The maximum atomic E-state index is 11.9. The minimum absolute atomic E-state index is 0.0338. The summed E-state index contributed by atoms with van der Waals surface area (Å²) in [5.41, 5.74) is 0.689. The molecule has 1 rings (SSSR count). The van der Waals surface area contributed by atoms with Gasteiger partial charge in [0.05, 0.1) is 0 Å². The summed E-state index contributed by atoms with van der Waals surface area (Å²) in [6.07, 6.45) is 6.91. The Morgan fingerprint density at radius 2 is 1.67 bits per heavy atom. The molecule has 1 amide bonds. The van der Waals surface area contributed by atoms with Crippen LogP contribution in [-0.4, -0.2) is 29.8 Å². The zero-order chi connectivity index (χ0) is 15.5. The van der Waals surface area contributed by atoms with Crippen LogP contribution in [-0.2, 0) is 4.79 Å². The van der Waals surface area contributed by atoms with Crippen LogP contribution >= 0.6 is 11.8 Å². The van der Waals surface area contributed by atoms with Gasteiger partial charge in [0.2, 0.25) is 0 Å². The van der Waals surface area contributed by atoms with Gasteiger partial charge >= 0.3 is 5.97 Å². The van der Waals surface area contributed by atoms with E-state index in [0.29, 0.717) is 12.1 Å². The summed E-state index contributed by atoms with van der Waals surface area (Å²) in [5, 5.41) is 11.4. The monoisotopic (exact) mass is 309 g/mol. The summed E-state index contributed by atoms with van der Waals surface area (Å²) >= 11 is 1.65. The molecule has 0 radical (unpaired) electrons. The molecule has 1 aromatic rings. The number of rotatable bonds is 10. The van der Waals surface area contributed by atoms with Crippen LogP contribution in [0.2, 0.25) is 0 Å². The number of carbonyl (C=O) groups excluding carboxylic acids is 1. The van der Waals surface area contributed by atoms with E-state index in [1.165, 1.54) is 0 Å². The zero-order valence-electron chi connectivity index (χ0n) is 12.4. The molecule has 116 valence electrons. The van der Waals surface area contributed by atoms with E-state index >= 15 is 0 Å². The molecule has 4 nitrogen and oxygen atoms in total. The zero-order valence-corrected chi connectivity index (χ0v) is 13.2. The van der Waals surface area contributed by atoms with Gasteiger partial charge in [-0.1, -0.05) is 19.3 Å². The van der Waals surface area contributed by atoms with Gasteiger partial charge in [0.15, 0.2) is 0 Å². The molecule has 0 aliphatic carbocycles. The molecular formula is C16H23NO3S. The van der Waals surface area contributed by atoms with Crippen molar-refractivity contribution in [3.63, 3.8) is 0 Å². The standard InChI is InChI=1S/C16H23NO3S/c1-21-14-10-8-13(9-11-14)16(20)17-12-6-4-2-3-5-7-15(18)19/h8-11H,2-7,12H2,1H3,(H,17,20)(H,18,19). The average Bonchev–Trinajstić information content (AvgIpc) is 2.49. The second-order valence-corrected chi connectivity index (χ2v) is 5.78. The van der Waals surface area contributed by atoms with Gasteiger partial charge < -0.3 is 10.4 Å². The number of hydrogen-bond acceptors (Lipinski definition) is 3.